The maximum absolute atomic E-state index is 12.8. The van der Waals surface area contributed by atoms with Gasteiger partial charge in [-0.2, -0.15) is 13.2 Å². The molecule has 0 radical (unpaired) electrons. The van der Waals surface area contributed by atoms with Crippen LogP contribution in [0.1, 0.15) is 21.5 Å². The van der Waals surface area contributed by atoms with Gasteiger partial charge < -0.3 is 14.5 Å². The molecular weight excluding hydrogens is 357 g/mol. The van der Waals surface area contributed by atoms with E-state index in [0.29, 0.717) is 13.1 Å². The number of quaternary nitrogens is 1. The van der Waals surface area contributed by atoms with Gasteiger partial charge in [0.15, 0.2) is 0 Å². The molecule has 1 N–H and O–H groups in total. The fourth-order valence-corrected chi connectivity index (χ4v) is 3.25. The summed E-state index contributed by atoms with van der Waals surface area (Å²) < 4.78 is 43.7. The average Bonchev–Trinajstić information content (AvgIpc) is 2.68. The predicted octanol–water partition coefficient (Wildman–Crippen LogP) is 2.25. The molecule has 1 saturated heterocycles. The van der Waals surface area contributed by atoms with Crippen LogP contribution < -0.4 is 9.64 Å². The molecule has 2 aromatic carbocycles. The Labute approximate surface area is 156 Å². The van der Waals surface area contributed by atoms with Gasteiger partial charge in [0.05, 0.1) is 38.9 Å². The fraction of sp³-hybridized carbons (Fsp3) is 0.350. The van der Waals surface area contributed by atoms with E-state index >= 15 is 0 Å². The third-order valence-electron chi connectivity index (χ3n) is 4.81. The molecule has 7 heteroatoms. The van der Waals surface area contributed by atoms with E-state index in [9.17, 15) is 18.0 Å². The first kappa shape index (κ1) is 19.2. The smallest absolute Gasteiger partial charge is 0.416 e. The maximum Gasteiger partial charge on any atom is 0.416 e. The Morgan fingerprint density at radius 3 is 2.37 bits per heavy atom. The molecule has 0 saturated carbocycles. The standard InChI is InChI=1S/C20H21F3N2O2/c1-27-18-7-5-15(6-8-18)14-24-9-11-25(12-10-24)19(26)16-3-2-4-17(13-16)20(21,22)23/h2-8,13H,9-12,14H2,1H3/p+1. The third-order valence-corrected chi connectivity index (χ3v) is 4.81. The zero-order chi connectivity index (χ0) is 19.4. The van der Waals surface area contributed by atoms with E-state index in [2.05, 4.69) is 0 Å². The van der Waals surface area contributed by atoms with Crippen LogP contribution in [-0.4, -0.2) is 44.1 Å². The molecule has 2 aromatic rings. The minimum atomic E-state index is -4.45. The summed E-state index contributed by atoms with van der Waals surface area (Å²) in [5.74, 6) is 0.467. The lowest BCUT2D eigenvalue weighted by atomic mass is 10.1. The molecule has 0 bridgehead atoms. The van der Waals surface area contributed by atoms with Crippen molar-refractivity contribution in [3.8, 4) is 5.75 Å². The number of piperazine rings is 1. The Morgan fingerprint density at radius 2 is 1.78 bits per heavy atom. The first-order valence-electron chi connectivity index (χ1n) is 8.80. The molecular formula is C20H22F3N2O2+. The highest BCUT2D eigenvalue weighted by Gasteiger charge is 2.32. The van der Waals surface area contributed by atoms with Crippen molar-refractivity contribution in [1.29, 1.82) is 0 Å². The van der Waals surface area contributed by atoms with E-state index in [4.69, 9.17) is 4.74 Å². The number of carbonyl (C=O) groups excluding carboxylic acids is 1. The minimum absolute atomic E-state index is 0.0865. The number of ether oxygens (including phenoxy) is 1. The van der Waals surface area contributed by atoms with Gasteiger partial charge in [0.1, 0.15) is 12.3 Å². The van der Waals surface area contributed by atoms with Crippen molar-refractivity contribution in [2.24, 2.45) is 0 Å². The SMILES string of the molecule is COc1ccc(C[NH+]2CCN(C(=O)c3cccc(C(F)(F)F)c3)CC2)cc1. The van der Waals surface area contributed by atoms with Gasteiger partial charge in [0, 0.05) is 11.1 Å². The van der Waals surface area contributed by atoms with Crippen LogP contribution in [0.4, 0.5) is 13.2 Å². The summed E-state index contributed by atoms with van der Waals surface area (Å²) in [6.45, 7) is 3.42. The highest BCUT2D eigenvalue weighted by Crippen LogP contribution is 2.29. The van der Waals surface area contributed by atoms with Crippen LogP contribution in [-0.2, 0) is 12.7 Å². The monoisotopic (exact) mass is 379 g/mol. The van der Waals surface area contributed by atoms with Crippen LogP contribution in [0.3, 0.4) is 0 Å². The number of hydrogen-bond donors (Lipinski definition) is 1. The number of benzene rings is 2. The average molecular weight is 379 g/mol. The molecule has 0 aliphatic carbocycles. The molecule has 27 heavy (non-hydrogen) atoms. The molecule has 144 valence electrons. The molecule has 1 aliphatic rings. The predicted molar refractivity (Wildman–Crippen MR) is 94.7 cm³/mol. The molecule has 1 aliphatic heterocycles. The van der Waals surface area contributed by atoms with Gasteiger partial charge in [-0.1, -0.05) is 6.07 Å². The first-order chi connectivity index (χ1) is 12.9. The van der Waals surface area contributed by atoms with Crippen molar-refractivity contribution in [2.75, 3.05) is 33.3 Å². The normalized spacial score (nSPS) is 15.6. The van der Waals surface area contributed by atoms with Crippen molar-refractivity contribution >= 4 is 5.91 Å². The summed E-state index contributed by atoms with van der Waals surface area (Å²) >= 11 is 0. The molecule has 0 aromatic heterocycles. The number of carbonyl (C=O) groups is 1. The quantitative estimate of drug-likeness (QED) is 0.884. The van der Waals surface area contributed by atoms with E-state index < -0.39 is 11.7 Å². The number of nitrogens with one attached hydrogen (secondary N) is 1. The van der Waals surface area contributed by atoms with E-state index in [1.807, 2.05) is 24.3 Å². The lowest BCUT2D eigenvalue weighted by Crippen LogP contribution is -3.13. The largest absolute Gasteiger partial charge is 0.497 e. The molecule has 3 rings (SSSR count). The van der Waals surface area contributed by atoms with Crippen LogP contribution in [0.15, 0.2) is 48.5 Å². The molecule has 1 amide bonds. The number of methoxy groups -OCH3 is 1. The number of hydrogen-bond acceptors (Lipinski definition) is 2. The number of amides is 1. The summed E-state index contributed by atoms with van der Waals surface area (Å²) in [5.41, 5.74) is 0.476. The lowest BCUT2D eigenvalue weighted by Gasteiger charge is -2.32. The van der Waals surface area contributed by atoms with E-state index in [1.54, 1.807) is 12.0 Å². The van der Waals surface area contributed by atoms with Crippen molar-refractivity contribution in [3.63, 3.8) is 0 Å². The second-order valence-corrected chi connectivity index (χ2v) is 6.65. The zero-order valence-electron chi connectivity index (χ0n) is 15.1. The van der Waals surface area contributed by atoms with E-state index in [-0.39, 0.29) is 11.5 Å². The topological polar surface area (TPSA) is 34.0 Å². The Morgan fingerprint density at radius 1 is 1.11 bits per heavy atom. The zero-order valence-corrected chi connectivity index (χ0v) is 15.1. The second-order valence-electron chi connectivity index (χ2n) is 6.65. The van der Waals surface area contributed by atoms with Crippen LogP contribution in [0.25, 0.3) is 0 Å². The second kappa shape index (κ2) is 8.00. The van der Waals surface area contributed by atoms with Crippen molar-refractivity contribution < 1.29 is 27.6 Å². The Kier molecular flexibility index (Phi) is 5.70. The third kappa shape index (κ3) is 4.80. The minimum Gasteiger partial charge on any atom is -0.497 e. The molecule has 4 nitrogen and oxygen atoms in total. The van der Waals surface area contributed by atoms with Crippen molar-refractivity contribution in [3.05, 3.63) is 65.2 Å². The van der Waals surface area contributed by atoms with Gasteiger partial charge in [-0.25, -0.2) is 0 Å². The number of nitrogens with zero attached hydrogens (tertiary/aromatic N) is 1. The highest BCUT2D eigenvalue weighted by molar-refractivity contribution is 5.94. The van der Waals surface area contributed by atoms with E-state index in [0.717, 1.165) is 37.5 Å². The summed E-state index contributed by atoms with van der Waals surface area (Å²) in [6.07, 6.45) is -4.45. The van der Waals surface area contributed by atoms with Crippen LogP contribution in [0.2, 0.25) is 0 Å². The first-order valence-corrected chi connectivity index (χ1v) is 8.80. The molecule has 0 spiro atoms. The number of halogens is 3. The molecule has 1 heterocycles. The van der Waals surface area contributed by atoms with Gasteiger partial charge in [-0.15, -0.1) is 0 Å². The van der Waals surface area contributed by atoms with Crippen molar-refractivity contribution in [2.45, 2.75) is 12.7 Å². The Balaban J connectivity index is 1.57. The van der Waals surface area contributed by atoms with Crippen molar-refractivity contribution in [1.82, 2.24) is 4.90 Å². The van der Waals surface area contributed by atoms with Gasteiger partial charge >= 0.3 is 6.18 Å². The van der Waals surface area contributed by atoms with Crippen LogP contribution in [0.5, 0.6) is 5.75 Å². The highest BCUT2D eigenvalue weighted by atomic mass is 19.4. The number of alkyl halides is 3. The maximum atomic E-state index is 12.8. The van der Waals surface area contributed by atoms with Gasteiger partial charge in [-0.3, -0.25) is 4.79 Å². The summed E-state index contributed by atoms with van der Waals surface area (Å²) in [7, 11) is 1.63. The summed E-state index contributed by atoms with van der Waals surface area (Å²) in [5, 5.41) is 0. The fourth-order valence-electron chi connectivity index (χ4n) is 3.25. The Bertz CT molecular complexity index is 783. The van der Waals surface area contributed by atoms with Gasteiger partial charge in [0.2, 0.25) is 0 Å². The van der Waals surface area contributed by atoms with Gasteiger partial charge in [-0.05, 0) is 42.5 Å². The van der Waals surface area contributed by atoms with Gasteiger partial charge in [0.25, 0.3) is 5.91 Å². The summed E-state index contributed by atoms with van der Waals surface area (Å²) in [4.78, 5) is 15.5. The lowest BCUT2D eigenvalue weighted by molar-refractivity contribution is -0.917. The van der Waals surface area contributed by atoms with E-state index in [1.165, 1.54) is 22.6 Å². The van der Waals surface area contributed by atoms with Crippen LogP contribution in [0, 0.1) is 0 Å². The molecule has 0 unspecified atom stereocenters. The Hall–Kier alpha value is -2.54. The van der Waals surface area contributed by atoms with Crippen LogP contribution >= 0.6 is 0 Å². The number of rotatable bonds is 4. The molecule has 1 fully saturated rings. The summed E-state index contributed by atoms with van der Waals surface area (Å²) in [6, 6.07) is 12.5. The molecule has 0 atom stereocenters.